The maximum Gasteiger partial charge on any atom is 0.203 e. The predicted octanol–water partition coefficient (Wildman–Crippen LogP) is 3.25. The van der Waals surface area contributed by atoms with Gasteiger partial charge in [-0.05, 0) is 35.0 Å². The minimum atomic E-state index is 0.683. The fourth-order valence-corrected chi connectivity index (χ4v) is 1.91. The zero-order valence-corrected chi connectivity index (χ0v) is 10.3. The van der Waals surface area contributed by atoms with Crippen molar-refractivity contribution in [2.75, 3.05) is 5.43 Å². The second-order valence-electron chi connectivity index (χ2n) is 2.81. The summed E-state index contributed by atoms with van der Waals surface area (Å²) in [6.45, 7) is 1.94. The molecule has 0 aliphatic rings. The molecule has 0 aliphatic carbocycles. The molecule has 0 spiro atoms. The molecular formula is C9H8BrN3OS. The lowest BCUT2D eigenvalue weighted by molar-refractivity contribution is 0.534. The molecule has 78 valence electrons. The lowest BCUT2D eigenvalue weighted by atomic mass is 10.5. The molecule has 0 fully saturated rings. The quantitative estimate of drug-likeness (QED) is 0.696. The lowest BCUT2D eigenvalue weighted by Gasteiger charge is -1.90. The molecule has 1 N–H and O–H groups in total. The highest BCUT2D eigenvalue weighted by Gasteiger charge is 1.96. The van der Waals surface area contributed by atoms with Crippen LogP contribution in [0.1, 0.15) is 11.5 Å². The first-order chi connectivity index (χ1) is 7.24. The van der Waals surface area contributed by atoms with Crippen molar-refractivity contribution in [1.82, 2.24) is 4.98 Å². The van der Waals surface area contributed by atoms with Crippen molar-refractivity contribution >= 4 is 38.6 Å². The van der Waals surface area contributed by atoms with E-state index in [1.165, 1.54) is 11.3 Å². The van der Waals surface area contributed by atoms with Crippen molar-refractivity contribution < 1.29 is 4.42 Å². The van der Waals surface area contributed by atoms with Crippen LogP contribution in [0.2, 0.25) is 0 Å². The average Bonchev–Trinajstić information content (AvgIpc) is 2.76. The number of aryl methyl sites for hydroxylation is 1. The number of hydrazone groups is 1. The van der Waals surface area contributed by atoms with Crippen molar-refractivity contribution in [3.63, 3.8) is 0 Å². The van der Waals surface area contributed by atoms with Crippen LogP contribution < -0.4 is 5.43 Å². The molecule has 15 heavy (non-hydrogen) atoms. The average molecular weight is 286 g/mol. The molecule has 2 heterocycles. The van der Waals surface area contributed by atoms with Gasteiger partial charge in [0.25, 0.3) is 0 Å². The molecule has 0 aromatic carbocycles. The van der Waals surface area contributed by atoms with E-state index >= 15 is 0 Å². The second-order valence-corrected chi connectivity index (χ2v) is 4.45. The second kappa shape index (κ2) is 4.59. The molecule has 0 aliphatic heterocycles. The van der Waals surface area contributed by atoms with E-state index in [1.807, 2.05) is 24.4 Å². The summed E-state index contributed by atoms with van der Waals surface area (Å²) in [7, 11) is 0. The molecule has 0 atom stereocenters. The molecule has 6 heteroatoms. The fraction of sp³-hybridized carbons (Fsp3) is 0.111. The minimum absolute atomic E-state index is 0.683. The molecule has 2 aromatic heterocycles. The number of furan rings is 1. The Labute approximate surface area is 99.2 Å². The van der Waals surface area contributed by atoms with Crippen LogP contribution in [0, 0.1) is 6.92 Å². The van der Waals surface area contributed by atoms with E-state index in [0.717, 1.165) is 10.8 Å². The van der Waals surface area contributed by atoms with Gasteiger partial charge in [-0.25, -0.2) is 4.98 Å². The van der Waals surface area contributed by atoms with Gasteiger partial charge in [0.05, 0.1) is 11.9 Å². The van der Waals surface area contributed by atoms with E-state index in [4.69, 9.17) is 4.42 Å². The smallest absolute Gasteiger partial charge is 0.203 e. The highest BCUT2D eigenvalue weighted by molar-refractivity contribution is 9.10. The van der Waals surface area contributed by atoms with Gasteiger partial charge < -0.3 is 4.42 Å². The van der Waals surface area contributed by atoms with Crippen molar-refractivity contribution in [2.45, 2.75) is 6.92 Å². The standard InChI is InChI=1S/C9H8BrN3OS/c1-6-5-15-9(12-6)13-11-4-7-2-3-8(10)14-7/h2-5H,1H3,(H,12,13)/b11-4-. The SMILES string of the molecule is Cc1csc(N/N=C\c2ccc(Br)o2)n1. The zero-order valence-electron chi connectivity index (χ0n) is 7.90. The van der Waals surface area contributed by atoms with Gasteiger partial charge in [-0.1, -0.05) is 0 Å². The Hall–Kier alpha value is -1.14. The first-order valence-corrected chi connectivity index (χ1v) is 5.88. The highest BCUT2D eigenvalue weighted by Crippen LogP contribution is 2.15. The Morgan fingerprint density at radius 1 is 1.60 bits per heavy atom. The van der Waals surface area contributed by atoms with Crippen LogP contribution in [0.3, 0.4) is 0 Å². The maximum atomic E-state index is 5.24. The van der Waals surface area contributed by atoms with Crippen molar-refractivity contribution in [3.05, 3.63) is 33.6 Å². The summed E-state index contributed by atoms with van der Waals surface area (Å²) in [5.74, 6) is 0.683. The van der Waals surface area contributed by atoms with E-state index in [2.05, 4.69) is 31.4 Å². The number of halogens is 1. The number of nitrogens with zero attached hydrogens (tertiary/aromatic N) is 2. The highest BCUT2D eigenvalue weighted by atomic mass is 79.9. The van der Waals surface area contributed by atoms with E-state index in [0.29, 0.717) is 10.4 Å². The summed E-state index contributed by atoms with van der Waals surface area (Å²) in [4.78, 5) is 4.20. The van der Waals surface area contributed by atoms with Crippen LogP contribution in [-0.2, 0) is 0 Å². The number of nitrogens with one attached hydrogen (secondary N) is 1. The van der Waals surface area contributed by atoms with Gasteiger partial charge in [0, 0.05) is 5.38 Å². The maximum absolute atomic E-state index is 5.24. The topological polar surface area (TPSA) is 50.4 Å². The third kappa shape index (κ3) is 2.90. The van der Waals surface area contributed by atoms with Gasteiger partial charge in [-0.15, -0.1) is 11.3 Å². The van der Waals surface area contributed by atoms with Crippen LogP contribution in [-0.4, -0.2) is 11.2 Å². The predicted molar refractivity (Wildman–Crippen MR) is 64.5 cm³/mol. The molecule has 4 nitrogen and oxygen atoms in total. The fourth-order valence-electron chi connectivity index (χ4n) is 0.954. The molecule has 0 radical (unpaired) electrons. The number of anilines is 1. The van der Waals surface area contributed by atoms with Crippen molar-refractivity contribution in [3.8, 4) is 0 Å². The minimum Gasteiger partial charge on any atom is -0.448 e. The van der Waals surface area contributed by atoms with E-state index in [9.17, 15) is 0 Å². The molecule has 0 bridgehead atoms. The van der Waals surface area contributed by atoms with Gasteiger partial charge in [0.15, 0.2) is 4.67 Å². The number of hydrogen-bond acceptors (Lipinski definition) is 5. The summed E-state index contributed by atoms with van der Waals surface area (Å²) in [6, 6.07) is 3.64. The third-order valence-electron chi connectivity index (χ3n) is 1.56. The number of thiazole rings is 1. The van der Waals surface area contributed by atoms with Crippen LogP contribution in [0.15, 0.2) is 31.7 Å². The largest absolute Gasteiger partial charge is 0.448 e. The van der Waals surface area contributed by atoms with Crippen LogP contribution >= 0.6 is 27.3 Å². The van der Waals surface area contributed by atoms with Crippen LogP contribution in [0.5, 0.6) is 0 Å². The molecule has 2 aromatic rings. The van der Waals surface area contributed by atoms with Gasteiger partial charge in [-0.3, -0.25) is 5.43 Å². The van der Waals surface area contributed by atoms with E-state index < -0.39 is 0 Å². The summed E-state index contributed by atoms with van der Waals surface area (Å²) in [5.41, 5.74) is 3.81. The Morgan fingerprint density at radius 2 is 2.47 bits per heavy atom. The Bertz CT molecular complexity index is 477. The molecule has 0 saturated heterocycles. The van der Waals surface area contributed by atoms with Gasteiger partial charge in [0.2, 0.25) is 5.13 Å². The molecule has 0 amide bonds. The third-order valence-corrected chi connectivity index (χ3v) is 2.86. The number of hydrogen-bond donors (Lipinski definition) is 1. The lowest BCUT2D eigenvalue weighted by Crippen LogP contribution is -1.88. The van der Waals surface area contributed by atoms with Crippen molar-refractivity contribution in [1.29, 1.82) is 0 Å². The van der Waals surface area contributed by atoms with E-state index in [1.54, 1.807) is 6.21 Å². The number of rotatable bonds is 3. The van der Waals surface area contributed by atoms with Gasteiger partial charge in [-0.2, -0.15) is 5.10 Å². The van der Waals surface area contributed by atoms with Crippen molar-refractivity contribution in [2.24, 2.45) is 5.10 Å². The Kier molecular flexibility index (Phi) is 3.17. The molecule has 2 rings (SSSR count). The van der Waals surface area contributed by atoms with Gasteiger partial charge >= 0.3 is 0 Å². The summed E-state index contributed by atoms with van der Waals surface area (Å²) in [5, 5.41) is 6.73. The monoisotopic (exact) mass is 285 g/mol. The molecular weight excluding hydrogens is 278 g/mol. The van der Waals surface area contributed by atoms with Crippen LogP contribution in [0.4, 0.5) is 5.13 Å². The normalized spacial score (nSPS) is 11.1. The summed E-state index contributed by atoms with van der Waals surface area (Å²) >= 11 is 4.73. The molecule has 0 saturated carbocycles. The van der Waals surface area contributed by atoms with Gasteiger partial charge in [0.1, 0.15) is 5.76 Å². The first kappa shape index (κ1) is 10.4. The van der Waals surface area contributed by atoms with Crippen LogP contribution in [0.25, 0.3) is 0 Å². The molecule has 0 unspecified atom stereocenters. The summed E-state index contributed by atoms with van der Waals surface area (Å²) in [6.07, 6.45) is 1.60. The zero-order chi connectivity index (χ0) is 10.7. The summed E-state index contributed by atoms with van der Waals surface area (Å²) < 4.78 is 5.93. The Morgan fingerprint density at radius 3 is 3.07 bits per heavy atom. The Balaban J connectivity index is 1.96. The first-order valence-electron chi connectivity index (χ1n) is 4.20. The number of aromatic nitrogens is 1. The van der Waals surface area contributed by atoms with E-state index in [-0.39, 0.29) is 0 Å².